The van der Waals surface area contributed by atoms with Crippen LogP contribution in [-0.4, -0.2) is 46.9 Å². The second-order valence-corrected chi connectivity index (χ2v) is 17.6. The molecule has 0 bridgehead atoms. The van der Waals surface area contributed by atoms with Gasteiger partial charge in [0.05, 0.1) is 25.2 Å². The Morgan fingerprint density at radius 1 is 0.508 bits per heavy atom. The molecule has 0 aromatic heterocycles. The number of allylic oxidation sites excluding steroid dienone is 10. The largest absolute Gasteiger partial charge is 0.462 e. The van der Waals surface area contributed by atoms with Crippen LogP contribution in [0.5, 0.6) is 0 Å². The number of carbonyl (C=O) groups excluding carboxylic acids is 2. The van der Waals surface area contributed by atoms with Crippen LogP contribution < -0.4 is 5.32 Å². The maximum Gasteiger partial charge on any atom is 0.306 e. The molecule has 0 fully saturated rings. The van der Waals surface area contributed by atoms with Crippen molar-refractivity contribution in [3.63, 3.8) is 0 Å². The van der Waals surface area contributed by atoms with E-state index in [1.807, 2.05) is 0 Å². The third-order valence-electron chi connectivity index (χ3n) is 11.7. The number of aliphatic hydroxyl groups is 2. The van der Waals surface area contributed by atoms with E-state index in [-0.39, 0.29) is 24.9 Å². The SMILES string of the molecule is CC/C=C/C=C/C=C\CCCCCCCC(=O)OC(CCCCCCC/C=C/C/C=C/CC)CC(=O)NC(CO)C(O)CCCCCCCCCCCCCCCCCCC. The van der Waals surface area contributed by atoms with Crippen LogP contribution in [0.25, 0.3) is 0 Å². The highest BCUT2D eigenvalue weighted by atomic mass is 16.5. The number of unbranched alkanes of at least 4 members (excludes halogenated alkanes) is 26. The third kappa shape index (κ3) is 44.0. The number of hydrogen-bond acceptors (Lipinski definition) is 5. The molecule has 0 spiro atoms. The maximum absolute atomic E-state index is 13.2. The molecule has 0 saturated heterocycles. The van der Waals surface area contributed by atoms with Gasteiger partial charge in [-0.05, 0) is 70.6 Å². The van der Waals surface area contributed by atoms with Gasteiger partial charge in [-0.3, -0.25) is 9.59 Å². The highest BCUT2D eigenvalue weighted by Gasteiger charge is 2.24. The molecule has 6 nitrogen and oxygen atoms in total. The smallest absolute Gasteiger partial charge is 0.306 e. The predicted octanol–water partition coefficient (Wildman–Crippen LogP) is 15.6. The molecular weight excluding hydrogens is 755 g/mol. The lowest BCUT2D eigenvalue weighted by Gasteiger charge is -2.24. The van der Waals surface area contributed by atoms with Gasteiger partial charge < -0.3 is 20.3 Å². The molecule has 3 unspecified atom stereocenters. The first-order chi connectivity index (χ1) is 30.0. The fourth-order valence-corrected chi connectivity index (χ4v) is 7.76. The van der Waals surface area contributed by atoms with E-state index >= 15 is 0 Å². The molecule has 0 aromatic rings. The van der Waals surface area contributed by atoms with E-state index in [4.69, 9.17) is 4.74 Å². The summed E-state index contributed by atoms with van der Waals surface area (Å²) in [4.78, 5) is 26.1. The van der Waals surface area contributed by atoms with Crippen molar-refractivity contribution in [3.05, 3.63) is 60.8 Å². The van der Waals surface area contributed by atoms with Gasteiger partial charge in [-0.15, -0.1) is 0 Å². The fraction of sp³-hybridized carbons (Fsp3) is 0.782. The van der Waals surface area contributed by atoms with Gasteiger partial charge in [-0.25, -0.2) is 0 Å². The standard InChI is InChI=1S/C55H99NO5/c1-4-7-10-13-16-19-22-25-26-27-28-30-32-35-38-41-44-47-53(58)52(50-57)56-54(59)49-51(46-43-40-37-34-31-24-21-18-15-12-9-6-3)61-55(60)48-45-42-39-36-33-29-23-20-17-14-11-8-5-2/h8-9,11-12,14,17-18,20-21,23,51-53,57-58H,4-7,10,13,15-16,19,22,24-50H2,1-3H3,(H,56,59)/b11-8+,12-9+,17-14+,21-18+,23-20-. The molecule has 3 N–H and O–H groups in total. The van der Waals surface area contributed by atoms with Crippen molar-refractivity contribution in [2.24, 2.45) is 0 Å². The number of carbonyl (C=O) groups is 2. The molecule has 354 valence electrons. The predicted molar refractivity (Wildman–Crippen MR) is 264 cm³/mol. The van der Waals surface area contributed by atoms with E-state index in [2.05, 4.69) is 86.8 Å². The zero-order valence-electron chi connectivity index (χ0n) is 40.3. The number of rotatable bonds is 46. The zero-order valence-corrected chi connectivity index (χ0v) is 40.3. The molecule has 61 heavy (non-hydrogen) atoms. The summed E-state index contributed by atoms with van der Waals surface area (Å²) in [7, 11) is 0. The summed E-state index contributed by atoms with van der Waals surface area (Å²) in [6.45, 7) is 6.25. The van der Waals surface area contributed by atoms with E-state index in [1.54, 1.807) is 0 Å². The summed E-state index contributed by atoms with van der Waals surface area (Å²) in [5.41, 5.74) is 0. The van der Waals surface area contributed by atoms with Crippen molar-refractivity contribution in [2.45, 2.75) is 270 Å². The number of amides is 1. The summed E-state index contributed by atoms with van der Waals surface area (Å²) in [5.74, 6) is -0.511. The van der Waals surface area contributed by atoms with Gasteiger partial charge in [0.1, 0.15) is 6.10 Å². The summed E-state index contributed by atoms with van der Waals surface area (Å²) < 4.78 is 5.91. The first-order valence-corrected chi connectivity index (χ1v) is 26.0. The summed E-state index contributed by atoms with van der Waals surface area (Å²) in [5, 5.41) is 23.8. The minimum absolute atomic E-state index is 0.0585. The van der Waals surface area contributed by atoms with E-state index in [9.17, 15) is 19.8 Å². The van der Waals surface area contributed by atoms with Gasteiger partial charge >= 0.3 is 5.97 Å². The van der Waals surface area contributed by atoms with E-state index in [0.717, 1.165) is 103 Å². The molecule has 0 heterocycles. The van der Waals surface area contributed by atoms with Gasteiger partial charge in [0, 0.05) is 6.42 Å². The van der Waals surface area contributed by atoms with E-state index in [0.29, 0.717) is 19.3 Å². The Kier molecular flexibility index (Phi) is 46.6. The topological polar surface area (TPSA) is 95.9 Å². The Hall–Kier alpha value is -2.44. The van der Waals surface area contributed by atoms with Gasteiger partial charge in [0.15, 0.2) is 0 Å². The third-order valence-corrected chi connectivity index (χ3v) is 11.7. The van der Waals surface area contributed by atoms with Gasteiger partial charge in [-0.1, -0.05) is 229 Å². The molecule has 0 aliphatic heterocycles. The molecular formula is C55H99NO5. The Balaban J connectivity index is 4.53. The number of esters is 1. The quantitative estimate of drug-likeness (QED) is 0.0245. The van der Waals surface area contributed by atoms with Crippen LogP contribution >= 0.6 is 0 Å². The van der Waals surface area contributed by atoms with Crippen LogP contribution in [0.3, 0.4) is 0 Å². The Morgan fingerprint density at radius 2 is 0.967 bits per heavy atom. The second kappa shape index (κ2) is 48.6. The molecule has 0 aliphatic carbocycles. The van der Waals surface area contributed by atoms with Crippen molar-refractivity contribution >= 4 is 11.9 Å². The molecule has 0 saturated carbocycles. The average molecular weight is 854 g/mol. The van der Waals surface area contributed by atoms with Crippen molar-refractivity contribution in [2.75, 3.05) is 6.61 Å². The fourth-order valence-electron chi connectivity index (χ4n) is 7.76. The Labute approximate surface area is 378 Å². The molecule has 0 aromatic carbocycles. The van der Waals surface area contributed by atoms with Gasteiger partial charge in [0.25, 0.3) is 0 Å². The Bertz CT molecular complexity index is 1090. The molecule has 0 radical (unpaired) electrons. The van der Waals surface area contributed by atoms with E-state index in [1.165, 1.54) is 103 Å². The van der Waals surface area contributed by atoms with Crippen LogP contribution in [-0.2, 0) is 14.3 Å². The first-order valence-electron chi connectivity index (χ1n) is 26.0. The number of ether oxygens (including phenoxy) is 1. The first kappa shape index (κ1) is 58.6. The molecule has 3 atom stereocenters. The van der Waals surface area contributed by atoms with Crippen LogP contribution in [0.4, 0.5) is 0 Å². The zero-order chi connectivity index (χ0) is 44.5. The van der Waals surface area contributed by atoms with Gasteiger partial charge in [0.2, 0.25) is 5.91 Å². The highest BCUT2D eigenvalue weighted by molar-refractivity contribution is 5.77. The molecule has 1 amide bonds. The van der Waals surface area contributed by atoms with Crippen LogP contribution in [0.15, 0.2) is 60.8 Å². The van der Waals surface area contributed by atoms with Crippen LogP contribution in [0.1, 0.15) is 252 Å². The maximum atomic E-state index is 13.2. The number of aliphatic hydroxyl groups excluding tert-OH is 2. The molecule has 6 heteroatoms. The molecule has 0 aliphatic rings. The van der Waals surface area contributed by atoms with Crippen molar-refractivity contribution < 1.29 is 24.5 Å². The molecule has 0 rings (SSSR count). The highest BCUT2D eigenvalue weighted by Crippen LogP contribution is 2.18. The van der Waals surface area contributed by atoms with Crippen molar-refractivity contribution in [3.8, 4) is 0 Å². The summed E-state index contributed by atoms with van der Waals surface area (Å²) >= 11 is 0. The summed E-state index contributed by atoms with van der Waals surface area (Å²) in [6.07, 6.45) is 60.0. The average Bonchev–Trinajstić information content (AvgIpc) is 3.25. The van der Waals surface area contributed by atoms with Crippen molar-refractivity contribution in [1.29, 1.82) is 0 Å². The van der Waals surface area contributed by atoms with Crippen molar-refractivity contribution in [1.82, 2.24) is 5.32 Å². The minimum atomic E-state index is -0.797. The monoisotopic (exact) mass is 854 g/mol. The lowest BCUT2D eigenvalue weighted by atomic mass is 10.0. The van der Waals surface area contributed by atoms with Crippen LogP contribution in [0, 0.1) is 0 Å². The number of hydrogen-bond donors (Lipinski definition) is 3. The Morgan fingerprint density at radius 3 is 1.51 bits per heavy atom. The minimum Gasteiger partial charge on any atom is -0.462 e. The number of nitrogens with one attached hydrogen (secondary N) is 1. The van der Waals surface area contributed by atoms with Crippen LogP contribution in [0.2, 0.25) is 0 Å². The van der Waals surface area contributed by atoms with Gasteiger partial charge in [-0.2, -0.15) is 0 Å². The second-order valence-electron chi connectivity index (χ2n) is 17.6. The summed E-state index contributed by atoms with van der Waals surface area (Å²) in [6, 6.07) is -0.712. The lowest BCUT2D eigenvalue weighted by Crippen LogP contribution is -2.46. The normalized spacial score (nSPS) is 13.7. The lowest BCUT2D eigenvalue weighted by molar-refractivity contribution is -0.151. The van der Waals surface area contributed by atoms with E-state index < -0.39 is 18.2 Å².